The van der Waals surface area contributed by atoms with Crippen molar-refractivity contribution < 1.29 is 0 Å². The Kier molecular flexibility index (Phi) is 6.89. The summed E-state index contributed by atoms with van der Waals surface area (Å²) >= 11 is 11.8. The second-order valence-corrected chi connectivity index (χ2v) is 8.64. The Balaban J connectivity index is 1.27. The van der Waals surface area contributed by atoms with Crippen LogP contribution in [0.5, 0.6) is 0 Å². The molecule has 3 heterocycles. The van der Waals surface area contributed by atoms with E-state index in [-0.39, 0.29) is 0 Å². The highest BCUT2D eigenvalue weighted by molar-refractivity contribution is 7.80. The van der Waals surface area contributed by atoms with Crippen LogP contribution in [-0.4, -0.2) is 60.7 Å². The molecule has 0 atom stereocenters. The molecule has 1 aromatic carbocycles. The molecule has 0 saturated carbocycles. The minimum absolute atomic E-state index is 0.697. The third-order valence-corrected chi connectivity index (χ3v) is 6.27. The van der Waals surface area contributed by atoms with E-state index in [2.05, 4.69) is 45.2 Å². The number of rotatable bonds is 6. The highest BCUT2D eigenvalue weighted by Crippen LogP contribution is 2.15. The summed E-state index contributed by atoms with van der Waals surface area (Å²) in [5.74, 6) is 0. The first kappa shape index (κ1) is 21.8. The summed E-state index contributed by atoms with van der Waals surface area (Å²) in [5, 5.41) is 13.8. The largest absolute Gasteiger partial charge is 0.346 e. The van der Waals surface area contributed by atoms with Gasteiger partial charge in [0.05, 0.1) is 24.6 Å². The Morgan fingerprint density at radius 3 is 2.65 bits per heavy atom. The van der Waals surface area contributed by atoms with Crippen LogP contribution in [0.1, 0.15) is 23.7 Å². The molecule has 1 aliphatic heterocycles. The third kappa shape index (κ3) is 5.44. The maximum Gasteiger partial charge on any atom is 0.173 e. The van der Waals surface area contributed by atoms with Crippen LogP contribution in [0.25, 0.3) is 0 Å². The van der Waals surface area contributed by atoms with E-state index in [1.165, 1.54) is 16.8 Å². The van der Waals surface area contributed by atoms with Gasteiger partial charge in [0.15, 0.2) is 5.11 Å². The summed E-state index contributed by atoms with van der Waals surface area (Å²) in [6.07, 6.45) is 5.73. The number of benzene rings is 1. The second kappa shape index (κ2) is 9.80. The third-order valence-electron chi connectivity index (χ3n) is 5.68. The van der Waals surface area contributed by atoms with Crippen LogP contribution >= 0.6 is 23.8 Å². The Morgan fingerprint density at radius 2 is 1.94 bits per heavy atom. The first-order valence-electron chi connectivity index (χ1n) is 10.6. The van der Waals surface area contributed by atoms with Crippen molar-refractivity contribution >= 4 is 34.6 Å². The van der Waals surface area contributed by atoms with Crippen molar-refractivity contribution in [2.24, 2.45) is 0 Å². The lowest BCUT2D eigenvalue weighted by Gasteiger charge is -2.36. The zero-order valence-corrected chi connectivity index (χ0v) is 19.5. The van der Waals surface area contributed by atoms with E-state index in [4.69, 9.17) is 23.8 Å². The number of aromatic nitrogens is 4. The fraction of sp³-hybridized carbons (Fsp3) is 0.409. The molecule has 1 N–H and O–H groups in total. The average Bonchev–Trinajstić information content (AvgIpc) is 3.35. The summed E-state index contributed by atoms with van der Waals surface area (Å²) in [5.41, 5.74) is 4.51. The van der Waals surface area contributed by atoms with E-state index < -0.39 is 0 Å². The number of anilines is 1. The van der Waals surface area contributed by atoms with E-state index in [0.717, 1.165) is 55.1 Å². The van der Waals surface area contributed by atoms with Crippen molar-refractivity contribution in [1.29, 1.82) is 0 Å². The number of hydrogen-bond acceptors (Lipinski definition) is 4. The Bertz CT molecular complexity index is 1040. The van der Waals surface area contributed by atoms with Gasteiger partial charge in [-0.05, 0) is 43.8 Å². The van der Waals surface area contributed by atoms with E-state index in [0.29, 0.717) is 6.54 Å². The van der Waals surface area contributed by atoms with Gasteiger partial charge in [-0.2, -0.15) is 10.2 Å². The number of nitrogens with zero attached hydrogens (tertiary/aromatic N) is 6. The van der Waals surface area contributed by atoms with Gasteiger partial charge >= 0.3 is 0 Å². The molecule has 1 aliphatic rings. The lowest BCUT2D eigenvalue weighted by atomic mass is 10.2. The van der Waals surface area contributed by atoms with Crippen LogP contribution in [0.3, 0.4) is 0 Å². The second-order valence-electron chi connectivity index (χ2n) is 7.82. The van der Waals surface area contributed by atoms with Gasteiger partial charge in [0.25, 0.3) is 0 Å². The first-order valence-corrected chi connectivity index (χ1v) is 11.4. The van der Waals surface area contributed by atoms with Crippen LogP contribution in [0.2, 0.25) is 5.02 Å². The Labute approximate surface area is 193 Å². The predicted molar refractivity (Wildman–Crippen MR) is 128 cm³/mol. The van der Waals surface area contributed by atoms with Gasteiger partial charge in [0, 0.05) is 61.7 Å². The maximum absolute atomic E-state index is 6.10. The minimum atomic E-state index is 0.697. The average molecular weight is 458 g/mol. The molecule has 0 radical (unpaired) electrons. The van der Waals surface area contributed by atoms with E-state index in [1.807, 2.05) is 46.2 Å². The smallest absolute Gasteiger partial charge is 0.173 e. The van der Waals surface area contributed by atoms with Crippen molar-refractivity contribution in [3.05, 3.63) is 64.7 Å². The van der Waals surface area contributed by atoms with Gasteiger partial charge in [0.2, 0.25) is 0 Å². The highest BCUT2D eigenvalue weighted by atomic mass is 35.5. The first-order chi connectivity index (χ1) is 15.0. The summed E-state index contributed by atoms with van der Waals surface area (Å²) in [6, 6.07) is 8.07. The molecule has 7 nitrogen and oxygen atoms in total. The van der Waals surface area contributed by atoms with Crippen molar-refractivity contribution in [3.8, 4) is 0 Å². The molecule has 31 heavy (non-hydrogen) atoms. The summed E-state index contributed by atoms with van der Waals surface area (Å²) in [7, 11) is 0. The van der Waals surface area contributed by atoms with E-state index in [1.54, 1.807) is 0 Å². The maximum atomic E-state index is 6.10. The standard InChI is InChI=1S/C22H28ClN7S/c1-3-30-17(2)19(12-25-30)15-29-16-21(13-24-29)26-22(31)28-9-7-27(8-10-28)14-18-5-4-6-20(23)11-18/h4-6,11-13,16H,3,7-10,14-15H2,1-2H3,(H,26,31). The lowest BCUT2D eigenvalue weighted by molar-refractivity contribution is 0.177. The van der Waals surface area contributed by atoms with Crippen molar-refractivity contribution in [1.82, 2.24) is 29.4 Å². The number of hydrogen-bond donors (Lipinski definition) is 1. The number of nitrogens with one attached hydrogen (secondary N) is 1. The molecule has 0 spiro atoms. The SMILES string of the molecule is CCn1ncc(Cn2cc(NC(=S)N3CCN(Cc4cccc(Cl)c4)CC3)cn2)c1C. The van der Waals surface area contributed by atoms with Crippen molar-refractivity contribution in [2.45, 2.75) is 33.5 Å². The lowest BCUT2D eigenvalue weighted by Crippen LogP contribution is -2.49. The van der Waals surface area contributed by atoms with Crippen LogP contribution in [0.4, 0.5) is 5.69 Å². The molecule has 164 valence electrons. The van der Waals surface area contributed by atoms with E-state index in [9.17, 15) is 0 Å². The van der Waals surface area contributed by atoms with Crippen molar-refractivity contribution in [2.75, 3.05) is 31.5 Å². The van der Waals surface area contributed by atoms with Gasteiger partial charge in [-0.15, -0.1) is 0 Å². The minimum Gasteiger partial charge on any atom is -0.346 e. The van der Waals surface area contributed by atoms with Gasteiger partial charge in [-0.1, -0.05) is 23.7 Å². The van der Waals surface area contributed by atoms with Crippen LogP contribution in [-0.2, 0) is 19.6 Å². The van der Waals surface area contributed by atoms with Crippen LogP contribution < -0.4 is 5.32 Å². The molecule has 2 aromatic heterocycles. The summed E-state index contributed by atoms with van der Waals surface area (Å²) in [6.45, 7) is 10.4. The normalized spacial score (nSPS) is 14.7. The van der Waals surface area contributed by atoms with Gasteiger partial charge in [-0.3, -0.25) is 14.3 Å². The molecule has 0 amide bonds. The number of piperazine rings is 1. The Hall–Kier alpha value is -2.42. The molecule has 1 saturated heterocycles. The molecule has 0 unspecified atom stereocenters. The number of thiocarbonyl (C=S) groups is 1. The van der Waals surface area contributed by atoms with E-state index >= 15 is 0 Å². The monoisotopic (exact) mass is 457 g/mol. The molecule has 1 fully saturated rings. The molecule has 0 bridgehead atoms. The summed E-state index contributed by atoms with van der Waals surface area (Å²) < 4.78 is 3.91. The Morgan fingerprint density at radius 1 is 1.13 bits per heavy atom. The zero-order chi connectivity index (χ0) is 21.8. The fourth-order valence-electron chi connectivity index (χ4n) is 3.85. The number of aryl methyl sites for hydroxylation is 1. The molecule has 9 heteroatoms. The molecular formula is C22H28ClN7S. The van der Waals surface area contributed by atoms with Gasteiger partial charge < -0.3 is 10.2 Å². The van der Waals surface area contributed by atoms with Gasteiger partial charge in [0.1, 0.15) is 0 Å². The fourth-order valence-corrected chi connectivity index (χ4v) is 4.37. The number of halogens is 1. The van der Waals surface area contributed by atoms with Crippen molar-refractivity contribution in [3.63, 3.8) is 0 Å². The quantitative estimate of drug-likeness (QED) is 0.570. The topological polar surface area (TPSA) is 54.2 Å². The highest BCUT2D eigenvalue weighted by Gasteiger charge is 2.19. The summed E-state index contributed by atoms with van der Waals surface area (Å²) in [4.78, 5) is 4.65. The molecular weight excluding hydrogens is 430 g/mol. The van der Waals surface area contributed by atoms with Crippen LogP contribution in [0, 0.1) is 6.92 Å². The molecule has 3 aromatic rings. The predicted octanol–water partition coefficient (Wildman–Crippen LogP) is 3.62. The molecule has 0 aliphatic carbocycles. The van der Waals surface area contributed by atoms with Gasteiger partial charge in [-0.25, -0.2) is 0 Å². The molecule has 4 rings (SSSR count). The van der Waals surface area contributed by atoms with Crippen LogP contribution in [0.15, 0.2) is 42.9 Å². The zero-order valence-electron chi connectivity index (χ0n) is 18.0.